The molecule has 1 heterocycles. The van der Waals surface area contributed by atoms with Gasteiger partial charge in [0.05, 0.1) is 7.11 Å². The maximum atomic E-state index is 12.0. The molecule has 2 rings (SSSR count). The molecule has 0 aliphatic heterocycles. The molecular weight excluding hydrogens is 332 g/mol. The third-order valence-corrected chi connectivity index (χ3v) is 6.59. The van der Waals surface area contributed by atoms with E-state index in [9.17, 15) is 9.90 Å². The van der Waals surface area contributed by atoms with Gasteiger partial charge in [-0.05, 0) is 54.5 Å². The molecular formula is C21H28O3S. The van der Waals surface area contributed by atoms with Crippen molar-refractivity contribution in [2.75, 3.05) is 7.11 Å². The van der Waals surface area contributed by atoms with Crippen LogP contribution < -0.4 is 0 Å². The van der Waals surface area contributed by atoms with E-state index in [1.165, 1.54) is 28.9 Å². The number of phenols is 1. The summed E-state index contributed by atoms with van der Waals surface area (Å²) >= 11 is 1.52. The summed E-state index contributed by atoms with van der Waals surface area (Å²) in [7, 11) is 1.42. The summed E-state index contributed by atoms with van der Waals surface area (Å²) in [5.74, 6) is 0.322. The molecule has 0 saturated heterocycles. The third-order valence-electron chi connectivity index (χ3n) is 5.17. The van der Waals surface area contributed by atoms with E-state index in [2.05, 4.69) is 39.8 Å². The Morgan fingerprint density at radius 3 is 2.40 bits per heavy atom. The zero-order valence-electron chi connectivity index (χ0n) is 16.0. The molecule has 0 radical (unpaired) electrons. The number of carbonyl (C=O) groups excluding carboxylic acids is 1. The van der Waals surface area contributed by atoms with E-state index in [0.717, 1.165) is 24.0 Å². The SMILES string of the molecule is CCC(CC)(c1ccc(O)c(C(C)C)c1)c1cc(C)c(C(=O)OC)s1. The van der Waals surface area contributed by atoms with Gasteiger partial charge in [-0.2, -0.15) is 0 Å². The normalized spacial score (nSPS) is 11.8. The highest BCUT2D eigenvalue weighted by atomic mass is 32.1. The quantitative estimate of drug-likeness (QED) is 0.664. The molecule has 0 aliphatic rings. The van der Waals surface area contributed by atoms with Gasteiger partial charge in [0.1, 0.15) is 10.6 Å². The largest absolute Gasteiger partial charge is 0.508 e. The van der Waals surface area contributed by atoms with Gasteiger partial charge in [0.25, 0.3) is 0 Å². The van der Waals surface area contributed by atoms with Gasteiger partial charge in [-0.3, -0.25) is 0 Å². The number of benzene rings is 1. The van der Waals surface area contributed by atoms with Crippen LogP contribution in [0.25, 0.3) is 0 Å². The highest BCUT2D eigenvalue weighted by Gasteiger charge is 2.34. The predicted octanol–water partition coefficient (Wildman–Crippen LogP) is 5.78. The molecule has 0 spiro atoms. The Labute approximate surface area is 154 Å². The summed E-state index contributed by atoms with van der Waals surface area (Å²) < 4.78 is 4.92. The monoisotopic (exact) mass is 360 g/mol. The van der Waals surface area contributed by atoms with Crippen LogP contribution in [0.5, 0.6) is 5.75 Å². The Morgan fingerprint density at radius 2 is 1.88 bits per heavy atom. The van der Waals surface area contributed by atoms with Crippen LogP contribution >= 0.6 is 11.3 Å². The van der Waals surface area contributed by atoms with Gasteiger partial charge in [-0.25, -0.2) is 4.79 Å². The third kappa shape index (κ3) is 3.45. The number of ether oxygens (including phenoxy) is 1. The second kappa shape index (κ2) is 7.61. The maximum Gasteiger partial charge on any atom is 0.348 e. The molecule has 1 aromatic heterocycles. The topological polar surface area (TPSA) is 46.5 Å². The minimum Gasteiger partial charge on any atom is -0.508 e. The van der Waals surface area contributed by atoms with E-state index >= 15 is 0 Å². The number of aromatic hydroxyl groups is 1. The molecule has 0 saturated carbocycles. The fourth-order valence-corrected chi connectivity index (χ4v) is 4.92. The number of methoxy groups -OCH3 is 1. The number of hydrogen-bond acceptors (Lipinski definition) is 4. The van der Waals surface area contributed by atoms with Gasteiger partial charge < -0.3 is 9.84 Å². The predicted molar refractivity (Wildman–Crippen MR) is 104 cm³/mol. The average molecular weight is 361 g/mol. The lowest BCUT2D eigenvalue weighted by Crippen LogP contribution is -2.25. The highest BCUT2D eigenvalue weighted by molar-refractivity contribution is 7.14. The maximum absolute atomic E-state index is 12.0. The van der Waals surface area contributed by atoms with E-state index in [1.807, 2.05) is 13.0 Å². The second-order valence-corrected chi connectivity index (χ2v) is 7.88. The van der Waals surface area contributed by atoms with Crippen LogP contribution in [-0.4, -0.2) is 18.2 Å². The Bertz CT molecular complexity index is 754. The summed E-state index contributed by atoms with van der Waals surface area (Å²) in [5, 5.41) is 10.2. The van der Waals surface area contributed by atoms with Crippen molar-refractivity contribution in [1.82, 2.24) is 0 Å². The van der Waals surface area contributed by atoms with Crippen LogP contribution in [0.2, 0.25) is 0 Å². The van der Waals surface area contributed by atoms with Gasteiger partial charge in [0.15, 0.2) is 0 Å². The van der Waals surface area contributed by atoms with Crippen LogP contribution in [0.4, 0.5) is 0 Å². The summed E-state index contributed by atoms with van der Waals surface area (Å²) in [6, 6.07) is 8.05. The fraction of sp³-hybridized carbons (Fsp3) is 0.476. The van der Waals surface area contributed by atoms with Crippen LogP contribution in [0.3, 0.4) is 0 Å². The van der Waals surface area contributed by atoms with Crippen molar-refractivity contribution in [3.05, 3.63) is 50.7 Å². The van der Waals surface area contributed by atoms with Gasteiger partial charge >= 0.3 is 5.97 Å². The lowest BCUT2D eigenvalue weighted by molar-refractivity contribution is 0.0605. The van der Waals surface area contributed by atoms with Crippen LogP contribution in [0.1, 0.15) is 77.7 Å². The first kappa shape index (κ1) is 19.5. The molecule has 0 atom stereocenters. The van der Waals surface area contributed by atoms with E-state index in [4.69, 9.17) is 4.74 Å². The molecule has 0 unspecified atom stereocenters. The Hall–Kier alpha value is -1.81. The van der Waals surface area contributed by atoms with Crippen molar-refractivity contribution in [3.63, 3.8) is 0 Å². The van der Waals surface area contributed by atoms with E-state index < -0.39 is 0 Å². The second-order valence-electron chi connectivity index (χ2n) is 6.83. The van der Waals surface area contributed by atoms with Crippen molar-refractivity contribution < 1.29 is 14.6 Å². The average Bonchev–Trinajstić information content (AvgIpc) is 2.99. The summed E-state index contributed by atoms with van der Waals surface area (Å²) in [5.41, 5.74) is 2.95. The zero-order chi connectivity index (χ0) is 18.8. The van der Waals surface area contributed by atoms with Gasteiger partial charge in [0.2, 0.25) is 0 Å². The first-order chi connectivity index (χ1) is 11.8. The van der Waals surface area contributed by atoms with E-state index in [0.29, 0.717) is 10.6 Å². The Morgan fingerprint density at radius 1 is 1.24 bits per heavy atom. The molecule has 0 fully saturated rings. The summed E-state index contributed by atoms with van der Waals surface area (Å²) in [6.07, 6.45) is 1.85. The Kier molecular flexibility index (Phi) is 5.94. The van der Waals surface area contributed by atoms with Crippen LogP contribution in [0, 0.1) is 6.92 Å². The molecule has 0 amide bonds. The zero-order valence-corrected chi connectivity index (χ0v) is 16.8. The molecule has 136 valence electrons. The number of aryl methyl sites for hydroxylation is 1. The minimum atomic E-state index is -0.275. The Balaban J connectivity index is 2.64. The molecule has 4 heteroatoms. The molecule has 1 aromatic carbocycles. The van der Waals surface area contributed by atoms with Crippen molar-refractivity contribution in [3.8, 4) is 5.75 Å². The summed E-state index contributed by atoms with van der Waals surface area (Å²) in [6.45, 7) is 10.5. The van der Waals surface area contributed by atoms with Crippen molar-refractivity contribution in [1.29, 1.82) is 0 Å². The lowest BCUT2D eigenvalue weighted by Gasteiger charge is -2.32. The van der Waals surface area contributed by atoms with Gasteiger partial charge in [-0.1, -0.05) is 39.8 Å². The van der Waals surface area contributed by atoms with Crippen molar-refractivity contribution in [2.45, 2.75) is 58.8 Å². The molecule has 25 heavy (non-hydrogen) atoms. The molecule has 2 aromatic rings. The smallest absolute Gasteiger partial charge is 0.348 e. The van der Waals surface area contributed by atoms with Crippen LogP contribution in [-0.2, 0) is 10.2 Å². The van der Waals surface area contributed by atoms with E-state index in [-0.39, 0.29) is 17.3 Å². The number of carbonyl (C=O) groups is 1. The number of hydrogen-bond donors (Lipinski definition) is 1. The van der Waals surface area contributed by atoms with E-state index in [1.54, 1.807) is 6.07 Å². The van der Waals surface area contributed by atoms with Gasteiger partial charge in [0, 0.05) is 10.3 Å². The highest BCUT2D eigenvalue weighted by Crippen LogP contribution is 2.44. The standard InChI is InChI=1S/C21H28O3S/c1-7-21(8-2,15-9-10-17(22)16(12-15)13(3)4)18-11-14(5)19(25-18)20(23)24-6/h9-13,22H,7-8H2,1-6H3. The first-order valence-corrected chi connectivity index (χ1v) is 9.64. The van der Waals surface area contributed by atoms with Gasteiger partial charge in [-0.15, -0.1) is 11.3 Å². The number of rotatable bonds is 6. The van der Waals surface area contributed by atoms with Crippen molar-refractivity contribution >= 4 is 17.3 Å². The molecule has 3 nitrogen and oxygen atoms in total. The summed E-state index contributed by atoms with van der Waals surface area (Å²) in [4.78, 5) is 13.9. The number of thiophene rings is 1. The number of esters is 1. The van der Waals surface area contributed by atoms with Crippen LogP contribution in [0.15, 0.2) is 24.3 Å². The minimum absolute atomic E-state index is 0.168. The number of phenolic OH excluding ortho intramolecular Hbond substituents is 1. The van der Waals surface area contributed by atoms with Crippen molar-refractivity contribution in [2.24, 2.45) is 0 Å². The molecule has 0 bridgehead atoms. The fourth-order valence-electron chi connectivity index (χ4n) is 3.48. The molecule has 1 N–H and O–H groups in total. The molecule has 0 aliphatic carbocycles. The lowest BCUT2D eigenvalue weighted by atomic mass is 9.73. The first-order valence-electron chi connectivity index (χ1n) is 8.83.